The van der Waals surface area contributed by atoms with Crippen LogP contribution in [0.25, 0.3) is 0 Å². The van der Waals surface area contributed by atoms with Crippen LogP contribution in [0.3, 0.4) is 0 Å². The standard InChI is InChI=1S/C22H26N4O5/c1-30-21-5-3-2-4-19(21)23-8-10-25(11-9-23)22(27)17-6-7-18(20(16-17)26(28)29)24-12-14-31-15-13-24/h2-7,16H,8-15H2,1H3. The molecule has 9 heteroatoms. The second-order valence-corrected chi connectivity index (χ2v) is 7.51. The van der Waals surface area contributed by atoms with Gasteiger partial charge in [0.1, 0.15) is 11.4 Å². The first-order valence-corrected chi connectivity index (χ1v) is 10.4. The number of ether oxygens (including phenoxy) is 2. The van der Waals surface area contributed by atoms with E-state index >= 15 is 0 Å². The molecule has 2 aliphatic rings. The normalized spacial score (nSPS) is 16.9. The third-order valence-corrected chi connectivity index (χ3v) is 5.76. The number of carbonyl (C=O) groups is 1. The summed E-state index contributed by atoms with van der Waals surface area (Å²) in [5, 5.41) is 11.7. The van der Waals surface area contributed by atoms with E-state index < -0.39 is 4.92 Å². The van der Waals surface area contributed by atoms with Crippen molar-refractivity contribution in [2.24, 2.45) is 0 Å². The minimum absolute atomic E-state index is 0.0413. The molecule has 0 aromatic heterocycles. The lowest BCUT2D eigenvalue weighted by atomic mass is 10.1. The highest BCUT2D eigenvalue weighted by molar-refractivity contribution is 5.96. The molecule has 0 spiro atoms. The van der Waals surface area contributed by atoms with E-state index in [2.05, 4.69) is 4.90 Å². The molecule has 2 saturated heterocycles. The van der Waals surface area contributed by atoms with E-state index in [9.17, 15) is 14.9 Å². The van der Waals surface area contributed by atoms with Crippen molar-refractivity contribution in [2.45, 2.75) is 0 Å². The maximum atomic E-state index is 13.1. The number of nitro groups is 1. The average Bonchev–Trinajstić information content (AvgIpc) is 2.83. The Morgan fingerprint density at radius 3 is 2.32 bits per heavy atom. The zero-order valence-corrected chi connectivity index (χ0v) is 17.5. The maximum absolute atomic E-state index is 13.1. The van der Waals surface area contributed by atoms with E-state index in [-0.39, 0.29) is 11.6 Å². The summed E-state index contributed by atoms with van der Waals surface area (Å²) in [5.41, 5.74) is 1.84. The molecule has 2 heterocycles. The quantitative estimate of drug-likeness (QED) is 0.536. The highest BCUT2D eigenvalue weighted by Crippen LogP contribution is 2.31. The lowest BCUT2D eigenvalue weighted by Gasteiger charge is -2.36. The number of hydrogen-bond acceptors (Lipinski definition) is 7. The van der Waals surface area contributed by atoms with Gasteiger partial charge in [-0.25, -0.2) is 0 Å². The van der Waals surface area contributed by atoms with Crippen molar-refractivity contribution in [3.63, 3.8) is 0 Å². The fourth-order valence-corrected chi connectivity index (χ4v) is 4.10. The van der Waals surface area contributed by atoms with Gasteiger partial charge in [0.05, 0.1) is 30.9 Å². The Labute approximate surface area is 180 Å². The zero-order chi connectivity index (χ0) is 21.8. The molecule has 4 rings (SSSR count). The summed E-state index contributed by atoms with van der Waals surface area (Å²) in [7, 11) is 1.64. The number of hydrogen-bond donors (Lipinski definition) is 0. The summed E-state index contributed by atoms with van der Waals surface area (Å²) in [6.07, 6.45) is 0. The lowest BCUT2D eigenvalue weighted by molar-refractivity contribution is -0.384. The average molecular weight is 426 g/mol. The van der Waals surface area contributed by atoms with Crippen molar-refractivity contribution in [3.8, 4) is 5.75 Å². The van der Waals surface area contributed by atoms with Gasteiger partial charge in [0.25, 0.3) is 11.6 Å². The minimum atomic E-state index is -0.415. The van der Waals surface area contributed by atoms with Crippen LogP contribution in [0, 0.1) is 10.1 Å². The maximum Gasteiger partial charge on any atom is 0.293 e. The molecule has 2 aromatic carbocycles. The molecule has 2 fully saturated rings. The van der Waals surface area contributed by atoms with Crippen molar-refractivity contribution in [2.75, 3.05) is 69.4 Å². The van der Waals surface area contributed by atoms with Crippen LogP contribution in [0.15, 0.2) is 42.5 Å². The molecule has 2 aliphatic heterocycles. The smallest absolute Gasteiger partial charge is 0.293 e. The van der Waals surface area contributed by atoms with Crippen LogP contribution in [0.2, 0.25) is 0 Å². The van der Waals surface area contributed by atoms with Gasteiger partial charge in [0.2, 0.25) is 0 Å². The van der Waals surface area contributed by atoms with E-state index in [0.717, 1.165) is 11.4 Å². The van der Waals surface area contributed by atoms with Crippen LogP contribution in [-0.4, -0.2) is 75.3 Å². The minimum Gasteiger partial charge on any atom is -0.495 e. The van der Waals surface area contributed by atoms with Gasteiger partial charge >= 0.3 is 0 Å². The zero-order valence-electron chi connectivity index (χ0n) is 17.5. The highest BCUT2D eigenvalue weighted by atomic mass is 16.6. The Hall–Kier alpha value is -3.33. The number of morpholine rings is 1. The van der Waals surface area contributed by atoms with Gasteiger partial charge in [-0.15, -0.1) is 0 Å². The number of piperazine rings is 1. The van der Waals surface area contributed by atoms with Crippen LogP contribution in [0.1, 0.15) is 10.4 Å². The third-order valence-electron chi connectivity index (χ3n) is 5.76. The van der Waals surface area contributed by atoms with Crippen LogP contribution >= 0.6 is 0 Å². The molecule has 31 heavy (non-hydrogen) atoms. The summed E-state index contributed by atoms with van der Waals surface area (Å²) in [6.45, 7) is 4.67. The van der Waals surface area contributed by atoms with Crippen molar-refractivity contribution in [3.05, 3.63) is 58.1 Å². The Balaban J connectivity index is 1.47. The second kappa shape index (κ2) is 9.22. The first kappa shape index (κ1) is 20.9. The van der Waals surface area contributed by atoms with Crippen LogP contribution in [0.5, 0.6) is 5.75 Å². The molecule has 2 aromatic rings. The van der Waals surface area contributed by atoms with E-state index in [0.29, 0.717) is 63.7 Å². The van der Waals surface area contributed by atoms with Crippen molar-refractivity contribution in [1.29, 1.82) is 0 Å². The Bertz CT molecular complexity index is 953. The predicted octanol–water partition coefficient (Wildman–Crippen LogP) is 2.40. The van der Waals surface area contributed by atoms with E-state index in [1.165, 1.54) is 6.07 Å². The van der Waals surface area contributed by atoms with Crippen LogP contribution < -0.4 is 14.5 Å². The molecule has 0 radical (unpaired) electrons. The van der Waals surface area contributed by atoms with E-state index in [4.69, 9.17) is 9.47 Å². The largest absolute Gasteiger partial charge is 0.495 e. The first-order chi connectivity index (χ1) is 15.1. The summed E-state index contributed by atoms with van der Waals surface area (Å²) in [5.74, 6) is 0.618. The topological polar surface area (TPSA) is 88.4 Å². The van der Waals surface area contributed by atoms with Gasteiger partial charge in [-0.3, -0.25) is 14.9 Å². The van der Waals surface area contributed by atoms with E-state index in [1.54, 1.807) is 24.1 Å². The number of nitrogens with zero attached hydrogens (tertiary/aromatic N) is 4. The Kier molecular flexibility index (Phi) is 6.22. The SMILES string of the molecule is COc1ccccc1N1CCN(C(=O)c2ccc(N3CCOCC3)c([N+](=O)[O-])c2)CC1. The molecule has 0 bridgehead atoms. The fourth-order valence-electron chi connectivity index (χ4n) is 4.10. The molecule has 1 amide bonds. The molecule has 0 saturated carbocycles. The van der Waals surface area contributed by atoms with Crippen molar-refractivity contribution >= 4 is 23.0 Å². The molecule has 0 N–H and O–H groups in total. The molecule has 0 aliphatic carbocycles. The van der Waals surface area contributed by atoms with Gasteiger partial charge in [0.15, 0.2) is 0 Å². The lowest BCUT2D eigenvalue weighted by Crippen LogP contribution is -2.48. The number of amides is 1. The molecule has 0 unspecified atom stereocenters. The first-order valence-electron chi connectivity index (χ1n) is 10.4. The number of anilines is 2. The fraction of sp³-hybridized carbons (Fsp3) is 0.409. The summed E-state index contributed by atoms with van der Waals surface area (Å²) >= 11 is 0. The van der Waals surface area contributed by atoms with Gasteiger partial charge < -0.3 is 24.2 Å². The third kappa shape index (κ3) is 4.41. The van der Waals surface area contributed by atoms with Crippen LogP contribution in [0.4, 0.5) is 17.1 Å². The van der Waals surface area contributed by atoms with Crippen molar-refractivity contribution in [1.82, 2.24) is 4.90 Å². The van der Waals surface area contributed by atoms with E-state index in [1.807, 2.05) is 29.2 Å². The molecule has 0 atom stereocenters. The van der Waals surface area contributed by atoms with Crippen molar-refractivity contribution < 1.29 is 19.2 Å². The number of methoxy groups -OCH3 is 1. The Morgan fingerprint density at radius 1 is 0.968 bits per heavy atom. The number of benzene rings is 2. The van der Waals surface area contributed by atoms with Gasteiger partial charge in [-0.1, -0.05) is 12.1 Å². The number of nitro benzene ring substituents is 1. The predicted molar refractivity (Wildman–Crippen MR) is 117 cm³/mol. The van der Waals surface area contributed by atoms with Gasteiger partial charge in [-0.05, 0) is 24.3 Å². The molecule has 164 valence electrons. The number of para-hydroxylation sites is 2. The van der Waals surface area contributed by atoms with Gasteiger partial charge in [0, 0.05) is 50.9 Å². The summed E-state index contributed by atoms with van der Waals surface area (Å²) in [4.78, 5) is 30.2. The molecular weight excluding hydrogens is 400 g/mol. The van der Waals surface area contributed by atoms with Crippen LogP contribution in [-0.2, 0) is 4.74 Å². The number of carbonyl (C=O) groups excluding carboxylic acids is 1. The highest BCUT2D eigenvalue weighted by Gasteiger charge is 2.27. The summed E-state index contributed by atoms with van der Waals surface area (Å²) in [6, 6.07) is 12.6. The second-order valence-electron chi connectivity index (χ2n) is 7.51. The number of rotatable bonds is 5. The molecular formula is C22H26N4O5. The van der Waals surface area contributed by atoms with Gasteiger partial charge in [-0.2, -0.15) is 0 Å². The Morgan fingerprint density at radius 2 is 1.65 bits per heavy atom. The summed E-state index contributed by atoms with van der Waals surface area (Å²) < 4.78 is 10.8. The molecule has 9 nitrogen and oxygen atoms in total. The monoisotopic (exact) mass is 426 g/mol.